The van der Waals surface area contributed by atoms with Crippen molar-refractivity contribution in [2.45, 2.75) is 41.6 Å². The van der Waals surface area contributed by atoms with Crippen LogP contribution in [0.2, 0.25) is 0 Å². The molecular formula is C32H32N4O7S2. The fourth-order valence-corrected chi connectivity index (χ4v) is 8.05. The van der Waals surface area contributed by atoms with Crippen molar-refractivity contribution in [2.75, 3.05) is 25.0 Å². The molecule has 0 aliphatic carbocycles. The number of rotatable bonds is 10. The predicted molar refractivity (Wildman–Crippen MR) is 171 cm³/mol. The largest absolute Gasteiger partial charge is 0.494 e. The number of nitrogens with zero attached hydrogens (tertiary/aromatic N) is 2. The lowest BCUT2D eigenvalue weighted by Gasteiger charge is -2.33. The Morgan fingerprint density at radius 3 is 2.69 bits per heavy atom. The van der Waals surface area contributed by atoms with Crippen LogP contribution in [0.3, 0.4) is 0 Å². The van der Waals surface area contributed by atoms with Crippen LogP contribution in [0, 0.1) is 0 Å². The molecule has 0 radical (unpaired) electrons. The van der Waals surface area contributed by atoms with Gasteiger partial charge in [0, 0.05) is 28.7 Å². The molecule has 13 heteroatoms. The normalized spacial score (nSPS) is 17.8. The van der Waals surface area contributed by atoms with Crippen LogP contribution in [-0.4, -0.2) is 67.6 Å². The highest BCUT2D eigenvalue weighted by molar-refractivity contribution is 8.24. The SMILES string of the molecule is O=C(NCc1cnc(-c2ccc(OCCCN3CCC[C@@H]3C(=O)O)cc2)s1)c1ccc2c(c1)NC(=O)c1ccccc1S2(O)O. The molecule has 45 heavy (non-hydrogen) atoms. The van der Waals surface area contributed by atoms with E-state index in [4.69, 9.17) is 4.74 Å². The Hall–Kier alpha value is -4.27. The van der Waals surface area contributed by atoms with E-state index in [1.165, 1.54) is 41.7 Å². The smallest absolute Gasteiger partial charge is 0.320 e. The summed E-state index contributed by atoms with van der Waals surface area (Å²) in [7, 11) is -3.46. The third-order valence-corrected chi connectivity index (χ3v) is 10.8. The molecular weight excluding hydrogens is 617 g/mol. The van der Waals surface area contributed by atoms with Crippen LogP contribution < -0.4 is 15.4 Å². The zero-order valence-corrected chi connectivity index (χ0v) is 25.8. The monoisotopic (exact) mass is 648 g/mol. The van der Waals surface area contributed by atoms with Gasteiger partial charge in [0.15, 0.2) is 0 Å². The molecule has 2 aliphatic rings. The zero-order chi connectivity index (χ0) is 31.6. The van der Waals surface area contributed by atoms with Crippen molar-refractivity contribution in [3.8, 4) is 16.3 Å². The number of anilines is 1. The highest BCUT2D eigenvalue weighted by atomic mass is 32.3. The number of carbonyl (C=O) groups excluding carboxylic acids is 2. The third-order valence-electron chi connectivity index (χ3n) is 7.82. The molecule has 11 nitrogen and oxygen atoms in total. The number of fused-ring (bicyclic) bond motifs is 2. The maximum absolute atomic E-state index is 13.0. The van der Waals surface area contributed by atoms with Gasteiger partial charge in [0.25, 0.3) is 11.8 Å². The van der Waals surface area contributed by atoms with Gasteiger partial charge < -0.3 is 20.5 Å². The van der Waals surface area contributed by atoms with E-state index in [0.717, 1.165) is 40.6 Å². The maximum atomic E-state index is 13.0. The lowest BCUT2D eigenvalue weighted by molar-refractivity contribution is -0.142. The number of likely N-dealkylation sites (tertiary alicyclic amines) is 1. The molecule has 1 fully saturated rings. The van der Waals surface area contributed by atoms with Crippen molar-refractivity contribution in [1.82, 2.24) is 15.2 Å². The Balaban J connectivity index is 1.02. The molecule has 1 aromatic heterocycles. The zero-order valence-electron chi connectivity index (χ0n) is 24.1. The van der Waals surface area contributed by atoms with E-state index in [0.29, 0.717) is 19.6 Å². The minimum absolute atomic E-state index is 0.145. The van der Waals surface area contributed by atoms with Gasteiger partial charge in [0.05, 0.1) is 34.2 Å². The van der Waals surface area contributed by atoms with Crippen LogP contribution >= 0.6 is 21.9 Å². The quantitative estimate of drug-likeness (QED) is 0.134. The molecule has 0 bridgehead atoms. The first-order valence-electron chi connectivity index (χ1n) is 14.5. The number of hydrogen-bond donors (Lipinski definition) is 5. The van der Waals surface area contributed by atoms with E-state index in [1.54, 1.807) is 18.3 Å². The van der Waals surface area contributed by atoms with E-state index in [-0.39, 0.29) is 45.1 Å². The predicted octanol–water partition coefficient (Wildman–Crippen LogP) is 5.79. The van der Waals surface area contributed by atoms with Crippen LogP contribution in [0.5, 0.6) is 5.75 Å². The summed E-state index contributed by atoms with van der Waals surface area (Å²) in [4.78, 5) is 44.7. The number of benzene rings is 3. The molecule has 0 saturated carbocycles. The molecule has 4 aromatic rings. The fourth-order valence-electron chi connectivity index (χ4n) is 5.54. The van der Waals surface area contributed by atoms with Gasteiger partial charge >= 0.3 is 5.97 Å². The number of thiazole rings is 1. The van der Waals surface area contributed by atoms with Gasteiger partial charge in [-0.25, -0.2) is 4.98 Å². The molecule has 1 saturated heterocycles. The minimum Gasteiger partial charge on any atom is -0.494 e. The summed E-state index contributed by atoms with van der Waals surface area (Å²) in [6.07, 6.45) is 4.06. The molecule has 0 spiro atoms. The lowest BCUT2D eigenvalue weighted by atomic mass is 10.1. The first-order chi connectivity index (χ1) is 21.7. The summed E-state index contributed by atoms with van der Waals surface area (Å²) < 4.78 is 27.8. The second-order valence-electron chi connectivity index (χ2n) is 10.8. The van der Waals surface area contributed by atoms with Gasteiger partial charge in [-0.1, -0.05) is 12.1 Å². The van der Waals surface area contributed by atoms with Crippen molar-refractivity contribution in [3.05, 3.63) is 88.9 Å². The van der Waals surface area contributed by atoms with Gasteiger partial charge in [0.2, 0.25) is 0 Å². The minimum atomic E-state index is -3.46. The first-order valence-corrected chi connectivity index (χ1v) is 16.8. The lowest BCUT2D eigenvalue weighted by Crippen LogP contribution is -2.36. The number of amides is 2. The Kier molecular flexibility index (Phi) is 8.88. The van der Waals surface area contributed by atoms with E-state index < -0.39 is 22.5 Å². The van der Waals surface area contributed by atoms with E-state index in [2.05, 4.69) is 15.6 Å². The summed E-state index contributed by atoms with van der Waals surface area (Å²) in [6, 6.07) is 18.0. The van der Waals surface area contributed by atoms with Crippen LogP contribution in [0.15, 0.2) is 82.7 Å². The van der Waals surface area contributed by atoms with E-state index >= 15 is 0 Å². The maximum Gasteiger partial charge on any atom is 0.320 e. The Morgan fingerprint density at radius 1 is 1.09 bits per heavy atom. The standard InChI is InChI=1S/C32H32N4O7S2/c37-29(21-10-13-28-25(17-21)35-30(38)24-5-1-2-7-27(24)45(28,41)42)33-18-23-19-34-31(44-23)20-8-11-22(12-9-20)43-16-4-15-36-14-3-6-26(36)32(39)40/h1-2,5,7-13,17,19,26,41-42H,3-4,6,14-16,18H2,(H,33,37)(H,35,38)(H,39,40)/t26-/m1/s1. The highest BCUT2D eigenvalue weighted by Crippen LogP contribution is 2.60. The average Bonchev–Trinajstić information content (AvgIpc) is 3.71. The fraction of sp³-hybridized carbons (Fsp3) is 0.250. The average molecular weight is 649 g/mol. The number of hydrogen-bond acceptors (Lipinski definition) is 9. The van der Waals surface area contributed by atoms with E-state index in [1.807, 2.05) is 29.2 Å². The molecule has 3 heterocycles. The summed E-state index contributed by atoms with van der Waals surface area (Å²) in [5.74, 6) is -0.897. The molecule has 3 aromatic carbocycles. The molecule has 5 N–H and O–H groups in total. The van der Waals surface area contributed by atoms with E-state index in [9.17, 15) is 28.6 Å². The Morgan fingerprint density at radius 2 is 1.89 bits per heavy atom. The van der Waals surface area contributed by atoms with Gasteiger partial charge in [-0.3, -0.25) is 28.4 Å². The second kappa shape index (κ2) is 13.0. The Labute approximate surface area is 265 Å². The number of carboxylic acid groups (broad SMARTS) is 1. The summed E-state index contributed by atoms with van der Waals surface area (Å²) in [6.45, 7) is 2.24. The summed E-state index contributed by atoms with van der Waals surface area (Å²) in [5.41, 5.74) is 1.52. The molecule has 6 rings (SSSR count). The summed E-state index contributed by atoms with van der Waals surface area (Å²) in [5, 5.41) is 15.7. The van der Waals surface area contributed by atoms with Crippen molar-refractivity contribution >= 4 is 45.4 Å². The van der Waals surface area contributed by atoms with Gasteiger partial charge in [-0.2, -0.15) is 0 Å². The second-order valence-corrected chi connectivity index (χ2v) is 13.9. The van der Waals surface area contributed by atoms with Crippen molar-refractivity contribution in [1.29, 1.82) is 0 Å². The number of ether oxygens (including phenoxy) is 1. The van der Waals surface area contributed by atoms with Gasteiger partial charge in [-0.05, 0) is 80.4 Å². The van der Waals surface area contributed by atoms with Crippen LogP contribution in [0.1, 0.15) is 44.9 Å². The first kappa shape index (κ1) is 30.7. The van der Waals surface area contributed by atoms with Gasteiger partial charge in [-0.15, -0.1) is 21.9 Å². The van der Waals surface area contributed by atoms with Gasteiger partial charge in [0.1, 0.15) is 16.8 Å². The molecule has 2 aliphatic heterocycles. The summed E-state index contributed by atoms with van der Waals surface area (Å²) >= 11 is 1.45. The topological polar surface area (TPSA) is 161 Å². The number of aliphatic carboxylic acids is 1. The molecule has 234 valence electrons. The van der Waals surface area contributed by atoms with Crippen LogP contribution in [0.25, 0.3) is 10.6 Å². The van der Waals surface area contributed by atoms with Crippen LogP contribution in [0.4, 0.5) is 5.69 Å². The van der Waals surface area contributed by atoms with Crippen molar-refractivity contribution in [3.63, 3.8) is 0 Å². The molecule has 1 atom stereocenters. The number of nitrogens with one attached hydrogen (secondary N) is 2. The van der Waals surface area contributed by atoms with Crippen molar-refractivity contribution in [2.24, 2.45) is 0 Å². The number of carbonyl (C=O) groups is 3. The number of aromatic nitrogens is 1. The van der Waals surface area contributed by atoms with Crippen LogP contribution in [-0.2, 0) is 11.3 Å². The Bertz CT molecular complexity index is 1740. The molecule has 0 unspecified atom stereocenters. The van der Waals surface area contributed by atoms with Crippen molar-refractivity contribution < 1.29 is 33.3 Å². The number of carboxylic acids is 1. The highest BCUT2D eigenvalue weighted by Gasteiger charge is 2.32. The third kappa shape index (κ3) is 6.58. The molecule has 2 amide bonds.